The van der Waals surface area contributed by atoms with Crippen LogP contribution < -0.4 is 10.0 Å². The summed E-state index contributed by atoms with van der Waals surface area (Å²) in [4.78, 5) is 13.7. The number of hydrogen-bond acceptors (Lipinski definition) is 5. The van der Waals surface area contributed by atoms with E-state index in [4.69, 9.17) is 0 Å². The molecule has 0 bridgehead atoms. The van der Waals surface area contributed by atoms with E-state index < -0.39 is 10.0 Å². The van der Waals surface area contributed by atoms with Crippen LogP contribution in [0.3, 0.4) is 0 Å². The van der Waals surface area contributed by atoms with Crippen molar-refractivity contribution in [2.24, 2.45) is 0 Å². The van der Waals surface area contributed by atoms with Crippen LogP contribution in [0.2, 0.25) is 0 Å². The van der Waals surface area contributed by atoms with E-state index in [1.807, 2.05) is 7.05 Å². The maximum Gasteiger partial charge on any atom is 0.271 e. The van der Waals surface area contributed by atoms with Crippen molar-refractivity contribution in [1.29, 1.82) is 0 Å². The highest BCUT2D eigenvalue weighted by molar-refractivity contribution is 7.94. The van der Waals surface area contributed by atoms with Gasteiger partial charge < -0.3 is 10.2 Å². The molecule has 0 spiro atoms. The lowest BCUT2D eigenvalue weighted by atomic mass is 10.1. The zero-order valence-corrected chi connectivity index (χ0v) is 15.3. The molecule has 1 aromatic carbocycles. The molecule has 24 heavy (non-hydrogen) atoms. The molecular formula is C16H21N3O3S2. The number of carbonyl (C=O) groups excluding carboxylic acids is 1. The highest BCUT2D eigenvalue weighted by Crippen LogP contribution is 2.20. The van der Waals surface area contributed by atoms with Crippen molar-refractivity contribution in [3.8, 4) is 0 Å². The zero-order chi connectivity index (χ0) is 17.6. The minimum absolute atomic E-state index is 0.0252. The van der Waals surface area contributed by atoms with Gasteiger partial charge in [0.2, 0.25) is 5.91 Å². The Kier molecular flexibility index (Phi) is 6.36. The van der Waals surface area contributed by atoms with Crippen molar-refractivity contribution in [2.45, 2.75) is 10.6 Å². The van der Waals surface area contributed by atoms with Crippen LogP contribution in [0.15, 0.2) is 46.0 Å². The fourth-order valence-corrected chi connectivity index (χ4v) is 4.08. The van der Waals surface area contributed by atoms with Crippen LogP contribution in [-0.4, -0.2) is 46.4 Å². The Hall–Kier alpha value is -1.90. The van der Waals surface area contributed by atoms with Crippen molar-refractivity contribution < 1.29 is 13.2 Å². The Bertz CT molecular complexity index is 756. The summed E-state index contributed by atoms with van der Waals surface area (Å²) in [6.07, 6.45) is 0.290. The largest absolute Gasteiger partial charge is 0.344 e. The van der Waals surface area contributed by atoms with Gasteiger partial charge in [0, 0.05) is 25.8 Å². The molecule has 0 saturated heterocycles. The number of thiophene rings is 1. The number of sulfonamides is 1. The number of hydrogen-bond donors (Lipinski definition) is 2. The summed E-state index contributed by atoms with van der Waals surface area (Å²) >= 11 is 1.16. The predicted molar refractivity (Wildman–Crippen MR) is 96.8 cm³/mol. The van der Waals surface area contributed by atoms with E-state index >= 15 is 0 Å². The van der Waals surface area contributed by atoms with E-state index in [0.717, 1.165) is 23.4 Å². The Balaban J connectivity index is 1.97. The van der Waals surface area contributed by atoms with Gasteiger partial charge in [-0.05, 0) is 36.2 Å². The Morgan fingerprint density at radius 3 is 2.50 bits per heavy atom. The highest BCUT2D eigenvalue weighted by Gasteiger charge is 2.15. The standard InChI is InChI=1S/C16H21N3O3S2/c1-17-9-10-19(2)15(20)12-13-5-7-14(8-6-13)18-24(21,22)16-4-3-11-23-16/h3-8,11,17-18H,9-10,12H2,1-2H3. The second kappa shape index (κ2) is 8.27. The van der Waals surface area contributed by atoms with Crippen LogP contribution in [-0.2, 0) is 21.2 Å². The molecule has 2 rings (SSSR count). The molecule has 2 N–H and O–H groups in total. The van der Waals surface area contributed by atoms with Gasteiger partial charge >= 0.3 is 0 Å². The Morgan fingerprint density at radius 2 is 1.92 bits per heavy atom. The van der Waals surface area contributed by atoms with Crippen molar-refractivity contribution in [1.82, 2.24) is 10.2 Å². The summed E-state index contributed by atoms with van der Waals surface area (Å²) in [5.41, 5.74) is 1.32. The van der Waals surface area contributed by atoms with Gasteiger partial charge in [-0.15, -0.1) is 11.3 Å². The number of rotatable bonds is 8. The van der Waals surface area contributed by atoms with Gasteiger partial charge in [-0.3, -0.25) is 9.52 Å². The first kappa shape index (κ1) is 18.4. The second-order valence-electron chi connectivity index (χ2n) is 5.33. The van der Waals surface area contributed by atoms with Crippen LogP contribution in [0.25, 0.3) is 0 Å². The molecule has 8 heteroatoms. The lowest BCUT2D eigenvalue weighted by Gasteiger charge is -2.17. The van der Waals surface area contributed by atoms with E-state index in [0.29, 0.717) is 12.2 Å². The summed E-state index contributed by atoms with van der Waals surface area (Å²) in [6, 6.07) is 10.1. The smallest absolute Gasteiger partial charge is 0.271 e. The third kappa shape index (κ3) is 5.05. The number of nitrogens with one attached hydrogen (secondary N) is 2. The molecule has 0 aliphatic carbocycles. The van der Waals surface area contributed by atoms with Crippen molar-refractivity contribution in [3.05, 3.63) is 47.3 Å². The first-order chi connectivity index (χ1) is 11.4. The molecule has 2 aromatic rings. The molecule has 0 aliphatic heterocycles. The number of amides is 1. The van der Waals surface area contributed by atoms with E-state index in [2.05, 4.69) is 10.0 Å². The third-order valence-corrected chi connectivity index (χ3v) is 6.22. The normalized spacial score (nSPS) is 11.2. The van der Waals surface area contributed by atoms with Crippen LogP contribution >= 0.6 is 11.3 Å². The fourth-order valence-electron chi connectivity index (χ4n) is 2.03. The number of likely N-dealkylation sites (N-methyl/N-ethyl adjacent to an activating group) is 2. The number of anilines is 1. The van der Waals surface area contributed by atoms with E-state index in [9.17, 15) is 13.2 Å². The van der Waals surface area contributed by atoms with E-state index in [1.165, 1.54) is 0 Å². The lowest BCUT2D eigenvalue weighted by molar-refractivity contribution is -0.129. The monoisotopic (exact) mass is 367 g/mol. The number of carbonyl (C=O) groups is 1. The molecule has 1 amide bonds. The number of benzene rings is 1. The molecule has 0 radical (unpaired) electrons. The van der Waals surface area contributed by atoms with Gasteiger partial charge in [0.1, 0.15) is 4.21 Å². The summed E-state index contributed by atoms with van der Waals surface area (Å²) < 4.78 is 27.1. The second-order valence-corrected chi connectivity index (χ2v) is 8.19. The van der Waals surface area contributed by atoms with Crippen molar-refractivity contribution in [3.63, 3.8) is 0 Å². The molecule has 0 unspecified atom stereocenters. The minimum atomic E-state index is -3.54. The average Bonchev–Trinajstić information content (AvgIpc) is 3.09. The maximum absolute atomic E-state index is 12.1. The van der Waals surface area contributed by atoms with Gasteiger partial charge in [0.15, 0.2) is 0 Å². The van der Waals surface area contributed by atoms with Crippen molar-refractivity contribution >= 4 is 33.0 Å². The minimum Gasteiger partial charge on any atom is -0.344 e. The zero-order valence-electron chi connectivity index (χ0n) is 13.7. The SMILES string of the molecule is CNCCN(C)C(=O)Cc1ccc(NS(=O)(=O)c2cccs2)cc1. The van der Waals surface area contributed by atoms with Gasteiger partial charge in [-0.1, -0.05) is 18.2 Å². The van der Waals surface area contributed by atoms with Crippen LogP contribution in [0, 0.1) is 0 Å². The first-order valence-electron chi connectivity index (χ1n) is 7.46. The van der Waals surface area contributed by atoms with Gasteiger partial charge in [0.25, 0.3) is 10.0 Å². The molecular weight excluding hydrogens is 346 g/mol. The predicted octanol–water partition coefficient (Wildman–Crippen LogP) is 1.77. The summed E-state index contributed by atoms with van der Waals surface area (Å²) in [6.45, 7) is 1.39. The summed E-state index contributed by atoms with van der Waals surface area (Å²) in [5.74, 6) is 0.0252. The highest BCUT2D eigenvalue weighted by atomic mass is 32.2. The van der Waals surface area contributed by atoms with Gasteiger partial charge in [0.05, 0.1) is 6.42 Å². The van der Waals surface area contributed by atoms with Crippen molar-refractivity contribution in [2.75, 3.05) is 31.9 Å². The van der Waals surface area contributed by atoms with Gasteiger partial charge in [-0.25, -0.2) is 8.42 Å². The molecule has 0 saturated carbocycles. The van der Waals surface area contributed by atoms with E-state index in [1.54, 1.807) is 53.7 Å². The van der Waals surface area contributed by atoms with Gasteiger partial charge in [-0.2, -0.15) is 0 Å². The molecule has 0 fully saturated rings. The quantitative estimate of drug-likeness (QED) is 0.745. The maximum atomic E-state index is 12.1. The van der Waals surface area contributed by atoms with E-state index in [-0.39, 0.29) is 16.5 Å². The molecule has 0 aliphatic rings. The summed E-state index contributed by atoms with van der Waals surface area (Å²) in [7, 11) is 0.0654. The topological polar surface area (TPSA) is 78.5 Å². The first-order valence-corrected chi connectivity index (χ1v) is 9.82. The molecule has 1 aromatic heterocycles. The summed E-state index contributed by atoms with van der Waals surface area (Å²) in [5, 5.41) is 4.72. The van der Waals surface area contributed by atoms with Crippen LogP contribution in [0.4, 0.5) is 5.69 Å². The Morgan fingerprint density at radius 1 is 1.21 bits per heavy atom. The molecule has 1 heterocycles. The molecule has 130 valence electrons. The van der Waals surface area contributed by atoms with Crippen LogP contribution in [0.5, 0.6) is 0 Å². The Labute approximate surface area is 146 Å². The third-order valence-electron chi connectivity index (χ3n) is 3.44. The fraction of sp³-hybridized carbons (Fsp3) is 0.312. The molecule has 6 nitrogen and oxygen atoms in total. The number of nitrogens with zero attached hydrogens (tertiary/aromatic N) is 1. The molecule has 0 atom stereocenters. The lowest BCUT2D eigenvalue weighted by Crippen LogP contribution is -2.33. The average molecular weight is 367 g/mol. The van der Waals surface area contributed by atoms with Crippen LogP contribution in [0.1, 0.15) is 5.56 Å².